The maximum absolute atomic E-state index is 13.0. The molecule has 2 atom stereocenters. The van der Waals surface area contributed by atoms with Gasteiger partial charge in [0.2, 0.25) is 11.9 Å². The van der Waals surface area contributed by atoms with Gasteiger partial charge in [-0.25, -0.2) is 4.99 Å². The van der Waals surface area contributed by atoms with Gasteiger partial charge in [0.25, 0.3) is 0 Å². The highest BCUT2D eigenvalue weighted by Gasteiger charge is 2.42. The number of piperazine rings is 1. The molecule has 33 heavy (non-hydrogen) atoms. The molecule has 1 N–H and O–H groups in total. The SMILES string of the molecule is CCOC(=O)C1C(=O)NC(N2CCN(c3ccccc3OC)CC2)=NC1c1cccc(Cl)c1. The van der Waals surface area contributed by atoms with Crippen molar-refractivity contribution in [3.05, 3.63) is 59.1 Å². The largest absolute Gasteiger partial charge is 0.495 e. The second-order valence-corrected chi connectivity index (χ2v) is 8.25. The topological polar surface area (TPSA) is 83.5 Å². The highest BCUT2D eigenvalue weighted by Crippen LogP contribution is 2.33. The van der Waals surface area contributed by atoms with Gasteiger partial charge in [0.1, 0.15) is 11.8 Å². The number of guanidine groups is 1. The van der Waals surface area contributed by atoms with Crippen molar-refractivity contribution in [2.24, 2.45) is 10.9 Å². The zero-order chi connectivity index (χ0) is 23.4. The second kappa shape index (κ2) is 10.1. The Morgan fingerprint density at radius 3 is 2.55 bits per heavy atom. The molecule has 0 aliphatic carbocycles. The van der Waals surface area contributed by atoms with Crippen LogP contribution in [0.15, 0.2) is 53.5 Å². The highest BCUT2D eigenvalue weighted by molar-refractivity contribution is 6.30. The van der Waals surface area contributed by atoms with Crippen molar-refractivity contribution >= 4 is 35.1 Å². The van der Waals surface area contributed by atoms with Crippen LogP contribution in [0.5, 0.6) is 5.75 Å². The van der Waals surface area contributed by atoms with E-state index in [1.54, 1.807) is 32.2 Å². The molecule has 1 saturated heterocycles. The van der Waals surface area contributed by atoms with Crippen LogP contribution in [-0.2, 0) is 14.3 Å². The normalized spacial score (nSPS) is 20.7. The third-order valence-corrected chi connectivity index (χ3v) is 6.07. The summed E-state index contributed by atoms with van der Waals surface area (Å²) in [7, 11) is 1.66. The number of anilines is 1. The first-order valence-electron chi connectivity index (χ1n) is 11.0. The van der Waals surface area contributed by atoms with Crippen molar-refractivity contribution in [1.82, 2.24) is 10.2 Å². The first kappa shape index (κ1) is 22.9. The van der Waals surface area contributed by atoms with Crippen LogP contribution in [0, 0.1) is 5.92 Å². The van der Waals surface area contributed by atoms with Gasteiger partial charge < -0.3 is 19.3 Å². The van der Waals surface area contributed by atoms with E-state index >= 15 is 0 Å². The van der Waals surface area contributed by atoms with Crippen LogP contribution in [0.25, 0.3) is 0 Å². The van der Waals surface area contributed by atoms with E-state index in [-0.39, 0.29) is 6.61 Å². The van der Waals surface area contributed by atoms with Crippen LogP contribution in [0.3, 0.4) is 0 Å². The van der Waals surface area contributed by atoms with E-state index in [9.17, 15) is 9.59 Å². The molecule has 2 aromatic rings. The monoisotopic (exact) mass is 470 g/mol. The Kier molecular flexibility index (Phi) is 7.03. The molecule has 2 aromatic carbocycles. The van der Waals surface area contributed by atoms with Gasteiger partial charge in [-0.1, -0.05) is 35.9 Å². The van der Waals surface area contributed by atoms with Crippen molar-refractivity contribution in [2.75, 3.05) is 44.8 Å². The van der Waals surface area contributed by atoms with Crippen LogP contribution in [0.4, 0.5) is 5.69 Å². The summed E-state index contributed by atoms with van der Waals surface area (Å²) in [5.74, 6) is -0.792. The summed E-state index contributed by atoms with van der Waals surface area (Å²) in [5, 5.41) is 3.34. The lowest BCUT2D eigenvalue weighted by Crippen LogP contribution is -2.57. The van der Waals surface area contributed by atoms with E-state index in [0.29, 0.717) is 29.6 Å². The maximum Gasteiger partial charge on any atom is 0.321 e. The smallest absolute Gasteiger partial charge is 0.321 e. The summed E-state index contributed by atoms with van der Waals surface area (Å²) < 4.78 is 10.7. The number of carbonyl (C=O) groups excluding carboxylic acids is 2. The Morgan fingerprint density at radius 2 is 1.85 bits per heavy atom. The van der Waals surface area contributed by atoms with Gasteiger partial charge in [0.15, 0.2) is 5.92 Å². The Balaban J connectivity index is 1.57. The van der Waals surface area contributed by atoms with Crippen LogP contribution in [0.2, 0.25) is 5.02 Å². The van der Waals surface area contributed by atoms with Crippen molar-refractivity contribution in [3.63, 3.8) is 0 Å². The Labute approximate surface area is 198 Å². The Hall–Kier alpha value is -3.26. The minimum atomic E-state index is -1.07. The lowest BCUT2D eigenvalue weighted by Gasteiger charge is -2.40. The van der Waals surface area contributed by atoms with Gasteiger partial charge >= 0.3 is 5.97 Å². The average molecular weight is 471 g/mol. The number of rotatable bonds is 5. The third-order valence-electron chi connectivity index (χ3n) is 5.83. The molecule has 2 aliphatic heterocycles. The fourth-order valence-corrected chi connectivity index (χ4v) is 4.41. The summed E-state index contributed by atoms with van der Waals surface area (Å²) >= 11 is 6.18. The number of nitrogens with one attached hydrogen (secondary N) is 1. The van der Waals surface area contributed by atoms with Crippen molar-refractivity contribution < 1.29 is 19.1 Å². The molecule has 174 valence electrons. The first-order valence-corrected chi connectivity index (χ1v) is 11.3. The standard InChI is InChI=1S/C24H27ClN4O4/c1-3-33-23(31)20-21(16-7-6-8-17(25)15-16)26-24(27-22(20)30)29-13-11-28(12-14-29)18-9-4-5-10-19(18)32-2/h4-10,15,20-21H,3,11-14H2,1-2H3,(H,26,27,30). The third kappa shape index (κ3) is 4.90. The molecule has 0 bridgehead atoms. The van der Waals surface area contributed by atoms with E-state index < -0.39 is 23.8 Å². The molecular formula is C24H27ClN4O4. The predicted molar refractivity (Wildman–Crippen MR) is 127 cm³/mol. The quantitative estimate of drug-likeness (QED) is 0.534. The van der Waals surface area contributed by atoms with E-state index in [4.69, 9.17) is 26.1 Å². The Morgan fingerprint density at radius 1 is 1.12 bits per heavy atom. The molecule has 0 radical (unpaired) electrons. The van der Waals surface area contributed by atoms with Crippen molar-refractivity contribution in [3.8, 4) is 5.75 Å². The second-order valence-electron chi connectivity index (χ2n) is 7.82. The van der Waals surface area contributed by atoms with Crippen LogP contribution >= 0.6 is 11.6 Å². The lowest BCUT2D eigenvalue weighted by atomic mass is 9.91. The number of nitrogens with zero attached hydrogens (tertiary/aromatic N) is 3. The van der Waals surface area contributed by atoms with Gasteiger partial charge in [-0.3, -0.25) is 14.9 Å². The van der Waals surface area contributed by atoms with Gasteiger partial charge in [-0.2, -0.15) is 0 Å². The van der Waals surface area contributed by atoms with Gasteiger partial charge in [-0.15, -0.1) is 0 Å². The number of halogens is 1. The van der Waals surface area contributed by atoms with Crippen molar-refractivity contribution in [1.29, 1.82) is 0 Å². The molecule has 1 fully saturated rings. The zero-order valence-corrected chi connectivity index (χ0v) is 19.4. The highest BCUT2D eigenvalue weighted by atomic mass is 35.5. The summed E-state index contributed by atoms with van der Waals surface area (Å²) in [6.07, 6.45) is 0. The summed E-state index contributed by atoms with van der Waals surface area (Å²) in [4.78, 5) is 34.7. The van der Waals surface area contributed by atoms with E-state index in [1.165, 1.54) is 0 Å². The number of methoxy groups -OCH3 is 1. The van der Waals surface area contributed by atoms with E-state index in [1.807, 2.05) is 35.2 Å². The molecule has 0 saturated carbocycles. The molecule has 2 aliphatic rings. The number of hydrogen-bond donors (Lipinski definition) is 1. The van der Waals surface area contributed by atoms with E-state index in [0.717, 1.165) is 24.5 Å². The fourth-order valence-electron chi connectivity index (χ4n) is 4.21. The fraction of sp³-hybridized carbons (Fsp3) is 0.375. The number of carbonyl (C=O) groups is 2. The summed E-state index contributed by atoms with van der Waals surface area (Å²) in [5.41, 5.74) is 1.73. The van der Waals surface area contributed by atoms with Crippen LogP contribution < -0.4 is 15.0 Å². The maximum atomic E-state index is 13.0. The minimum absolute atomic E-state index is 0.187. The van der Waals surface area contributed by atoms with Gasteiger partial charge in [0, 0.05) is 31.2 Å². The number of para-hydroxylation sites is 2. The first-order chi connectivity index (χ1) is 16.0. The molecule has 0 aromatic heterocycles. The Bertz CT molecular complexity index is 1050. The van der Waals surface area contributed by atoms with Gasteiger partial charge in [0.05, 0.1) is 19.4 Å². The molecule has 8 nitrogen and oxygen atoms in total. The van der Waals surface area contributed by atoms with E-state index in [2.05, 4.69) is 10.2 Å². The van der Waals surface area contributed by atoms with Gasteiger partial charge in [-0.05, 0) is 36.8 Å². The molecule has 4 rings (SSSR count). The molecular weight excluding hydrogens is 444 g/mol. The average Bonchev–Trinajstić information content (AvgIpc) is 2.83. The van der Waals surface area contributed by atoms with Crippen LogP contribution in [-0.4, -0.2) is 62.6 Å². The molecule has 1 amide bonds. The number of esters is 1. The summed E-state index contributed by atoms with van der Waals surface area (Å²) in [6.45, 7) is 4.68. The molecule has 2 heterocycles. The minimum Gasteiger partial charge on any atom is -0.495 e. The zero-order valence-electron chi connectivity index (χ0n) is 18.7. The molecule has 0 spiro atoms. The molecule has 2 unspecified atom stereocenters. The summed E-state index contributed by atoms with van der Waals surface area (Å²) in [6, 6.07) is 14.3. The number of amides is 1. The number of hydrogen-bond acceptors (Lipinski definition) is 7. The number of aliphatic imine (C=N–C) groups is 1. The lowest BCUT2D eigenvalue weighted by molar-refractivity contribution is -0.153. The van der Waals surface area contributed by atoms with Crippen molar-refractivity contribution in [2.45, 2.75) is 13.0 Å². The van der Waals surface area contributed by atoms with Crippen LogP contribution in [0.1, 0.15) is 18.5 Å². The number of benzene rings is 2. The number of ether oxygens (including phenoxy) is 2. The predicted octanol–water partition coefficient (Wildman–Crippen LogP) is 2.88. The molecule has 9 heteroatoms.